The minimum absolute atomic E-state index is 0.0832. The van der Waals surface area contributed by atoms with E-state index in [1.165, 1.54) is 23.1 Å². The molecule has 6 nitrogen and oxygen atoms in total. The van der Waals surface area contributed by atoms with E-state index in [4.69, 9.17) is 22.1 Å². The van der Waals surface area contributed by atoms with Crippen LogP contribution in [0.1, 0.15) is 16.8 Å². The lowest BCUT2D eigenvalue weighted by molar-refractivity contribution is 0.415. The molecule has 0 amide bonds. The Labute approximate surface area is 204 Å². The number of hydrogen-bond acceptors (Lipinski definition) is 8. The van der Waals surface area contributed by atoms with Gasteiger partial charge in [-0.2, -0.15) is 10.5 Å². The van der Waals surface area contributed by atoms with Crippen molar-refractivity contribution in [3.05, 3.63) is 75.8 Å². The van der Waals surface area contributed by atoms with Crippen LogP contribution in [0.2, 0.25) is 5.02 Å². The summed E-state index contributed by atoms with van der Waals surface area (Å²) in [5.41, 5.74) is 9.45. The zero-order chi connectivity index (χ0) is 23.4. The smallest absolute Gasteiger partial charge is 0.143 e. The fourth-order valence-corrected chi connectivity index (χ4v) is 5.36. The molecule has 2 aromatic carbocycles. The summed E-state index contributed by atoms with van der Waals surface area (Å²) >= 11 is 9.14. The molecule has 0 saturated heterocycles. The van der Waals surface area contributed by atoms with E-state index in [1.54, 1.807) is 31.4 Å². The molecule has 162 valence electrons. The number of nitrogen functional groups attached to an aromatic ring is 1. The van der Waals surface area contributed by atoms with Crippen LogP contribution in [-0.4, -0.2) is 17.1 Å². The molecule has 0 spiro atoms. The second kappa shape index (κ2) is 9.93. The van der Waals surface area contributed by atoms with Crippen LogP contribution in [0.15, 0.2) is 58.9 Å². The van der Waals surface area contributed by atoms with E-state index in [2.05, 4.69) is 22.1 Å². The normalized spacial score (nSPS) is 10.4. The van der Waals surface area contributed by atoms with Crippen LogP contribution < -0.4 is 10.5 Å². The number of anilines is 1. The molecule has 33 heavy (non-hydrogen) atoms. The summed E-state index contributed by atoms with van der Waals surface area (Å²) in [4.78, 5) is 9.03. The minimum atomic E-state index is 0.0832. The molecule has 0 aliphatic heterocycles. The van der Waals surface area contributed by atoms with Gasteiger partial charge in [-0.15, -0.1) is 11.3 Å². The van der Waals surface area contributed by atoms with Gasteiger partial charge in [0.15, 0.2) is 0 Å². The van der Waals surface area contributed by atoms with Crippen LogP contribution in [0, 0.1) is 22.7 Å². The molecule has 0 bridgehead atoms. The summed E-state index contributed by atoms with van der Waals surface area (Å²) < 4.78 is 5.21. The summed E-state index contributed by atoms with van der Waals surface area (Å²) in [5, 5.41) is 23.5. The molecule has 0 aliphatic rings. The summed E-state index contributed by atoms with van der Waals surface area (Å²) in [6.07, 6.45) is 0. The fraction of sp³-hybridized carbons (Fsp3) is 0.0833. The van der Waals surface area contributed by atoms with E-state index in [1.807, 2.05) is 29.6 Å². The van der Waals surface area contributed by atoms with Crippen molar-refractivity contribution in [1.29, 1.82) is 10.5 Å². The molecule has 0 fully saturated rings. The van der Waals surface area contributed by atoms with Gasteiger partial charge in [0.25, 0.3) is 0 Å². The first-order chi connectivity index (χ1) is 16.0. The van der Waals surface area contributed by atoms with Gasteiger partial charge in [-0.05, 0) is 23.8 Å². The predicted molar refractivity (Wildman–Crippen MR) is 132 cm³/mol. The lowest BCUT2D eigenvalue weighted by atomic mass is 9.97. The van der Waals surface area contributed by atoms with Crippen molar-refractivity contribution >= 4 is 40.5 Å². The van der Waals surface area contributed by atoms with E-state index in [0.717, 1.165) is 16.3 Å². The molecule has 2 N–H and O–H groups in total. The number of thioether (sulfide) groups is 1. The van der Waals surface area contributed by atoms with Gasteiger partial charge in [0.1, 0.15) is 39.3 Å². The third-order valence-electron chi connectivity index (χ3n) is 4.81. The Morgan fingerprint density at radius 2 is 1.79 bits per heavy atom. The number of ether oxygens (including phenoxy) is 1. The van der Waals surface area contributed by atoms with Gasteiger partial charge in [-0.1, -0.05) is 53.7 Å². The Morgan fingerprint density at radius 1 is 1.06 bits per heavy atom. The Hall–Kier alpha value is -3.56. The van der Waals surface area contributed by atoms with Crippen molar-refractivity contribution in [2.45, 2.75) is 10.8 Å². The summed E-state index contributed by atoms with van der Waals surface area (Å²) in [7, 11) is 1.57. The van der Waals surface area contributed by atoms with Crippen LogP contribution in [0.5, 0.6) is 5.75 Å². The number of methoxy groups -OCH3 is 1. The number of hydrogen-bond donors (Lipinski definition) is 1. The maximum atomic E-state index is 9.95. The summed E-state index contributed by atoms with van der Waals surface area (Å²) in [5.74, 6) is 1.24. The molecule has 4 aromatic rings. The molecular weight excluding hydrogens is 474 g/mol. The standard InChI is InChI=1S/C24H16ClN5OS2/c1-31-16-8-6-14(7-9-16)21-18(10-26)22(28)30-24(19(21)11-27)33-13-15-12-32-23(29-15)17-4-2-3-5-20(17)25/h2-9,12H,13H2,1H3,(H2,28,30). The summed E-state index contributed by atoms with van der Waals surface area (Å²) in [6, 6.07) is 19.0. The summed E-state index contributed by atoms with van der Waals surface area (Å²) in [6.45, 7) is 0. The number of rotatable bonds is 6. The highest BCUT2D eigenvalue weighted by Gasteiger charge is 2.21. The van der Waals surface area contributed by atoms with Crippen LogP contribution >= 0.6 is 34.7 Å². The van der Waals surface area contributed by atoms with Gasteiger partial charge in [0.05, 0.1) is 23.4 Å². The lowest BCUT2D eigenvalue weighted by Gasteiger charge is -2.13. The first kappa shape index (κ1) is 22.6. The van der Waals surface area contributed by atoms with Gasteiger partial charge in [-0.25, -0.2) is 9.97 Å². The van der Waals surface area contributed by atoms with Crippen molar-refractivity contribution in [2.24, 2.45) is 0 Å². The number of nitriles is 2. The average Bonchev–Trinajstić information content (AvgIpc) is 3.31. The SMILES string of the molecule is COc1ccc(-c2c(C#N)c(N)nc(SCc3csc(-c4ccccc4Cl)n3)c2C#N)cc1. The van der Waals surface area contributed by atoms with E-state index < -0.39 is 0 Å². The third kappa shape index (κ3) is 4.64. The number of thiazole rings is 1. The molecular formula is C24H16ClN5OS2. The highest BCUT2D eigenvalue weighted by molar-refractivity contribution is 7.98. The maximum absolute atomic E-state index is 9.95. The van der Waals surface area contributed by atoms with Gasteiger partial charge in [-0.3, -0.25) is 0 Å². The lowest BCUT2D eigenvalue weighted by Crippen LogP contribution is -2.03. The molecule has 0 radical (unpaired) electrons. The number of nitrogens with two attached hydrogens (primary N) is 1. The molecule has 0 unspecified atom stereocenters. The van der Waals surface area contributed by atoms with E-state index in [0.29, 0.717) is 38.2 Å². The third-order valence-corrected chi connectivity index (χ3v) is 7.07. The van der Waals surface area contributed by atoms with Crippen LogP contribution in [0.4, 0.5) is 5.82 Å². The van der Waals surface area contributed by atoms with Crippen LogP contribution in [0.25, 0.3) is 21.7 Å². The second-order valence-corrected chi connectivity index (χ2v) is 9.02. The number of benzene rings is 2. The van der Waals surface area contributed by atoms with Crippen molar-refractivity contribution < 1.29 is 4.74 Å². The number of nitrogens with zero attached hydrogens (tertiary/aromatic N) is 4. The van der Waals surface area contributed by atoms with Crippen molar-refractivity contribution in [2.75, 3.05) is 12.8 Å². The van der Waals surface area contributed by atoms with Crippen LogP contribution in [0.3, 0.4) is 0 Å². The molecule has 9 heteroatoms. The second-order valence-electron chi connectivity index (χ2n) is 6.79. The number of aromatic nitrogens is 2. The molecule has 0 saturated carbocycles. The Balaban J connectivity index is 1.68. The molecule has 4 rings (SSSR count). The van der Waals surface area contributed by atoms with Crippen molar-refractivity contribution in [1.82, 2.24) is 9.97 Å². The van der Waals surface area contributed by atoms with Gasteiger partial charge in [0, 0.05) is 22.3 Å². The minimum Gasteiger partial charge on any atom is -0.497 e. The first-order valence-electron chi connectivity index (χ1n) is 9.66. The molecule has 2 aromatic heterocycles. The van der Waals surface area contributed by atoms with Gasteiger partial charge >= 0.3 is 0 Å². The Morgan fingerprint density at radius 3 is 2.45 bits per heavy atom. The first-order valence-corrected chi connectivity index (χ1v) is 11.9. The van der Waals surface area contributed by atoms with Crippen molar-refractivity contribution in [3.8, 4) is 39.6 Å². The van der Waals surface area contributed by atoms with E-state index in [9.17, 15) is 10.5 Å². The van der Waals surface area contributed by atoms with Gasteiger partial charge in [0.2, 0.25) is 0 Å². The van der Waals surface area contributed by atoms with Gasteiger partial charge < -0.3 is 10.5 Å². The number of pyridine rings is 1. The Bertz CT molecular complexity index is 1400. The average molecular weight is 490 g/mol. The fourth-order valence-electron chi connectivity index (χ4n) is 3.22. The highest BCUT2D eigenvalue weighted by Crippen LogP contribution is 2.38. The largest absolute Gasteiger partial charge is 0.497 e. The van der Waals surface area contributed by atoms with E-state index >= 15 is 0 Å². The predicted octanol–water partition coefficient (Wildman–Crippen LogP) is 6.15. The molecule has 0 aliphatic carbocycles. The zero-order valence-corrected chi connectivity index (χ0v) is 19.8. The quantitative estimate of drug-likeness (QED) is 0.323. The zero-order valence-electron chi connectivity index (χ0n) is 17.4. The molecule has 2 heterocycles. The highest BCUT2D eigenvalue weighted by atomic mass is 35.5. The Kier molecular flexibility index (Phi) is 6.81. The van der Waals surface area contributed by atoms with Crippen molar-refractivity contribution in [3.63, 3.8) is 0 Å². The monoisotopic (exact) mass is 489 g/mol. The van der Waals surface area contributed by atoms with E-state index in [-0.39, 0.29) is 11.4 Å². The van der Waals surface area contributed by atoms with Crippen LogP contribution in [-0.2, 0) is 5.75 Å². The maximum Gasteiger partial charge on any atom is 0.143 e. The number of halogens is 1. The molecule has 0 atom stereocenters. The topological polar surface area (TPSA) is 109 Å².